The van der Waals surface area contributed by atoms with Crippen LogP contribution in [0.3, 0.4) is 0 Å². The summed E-state index contributed by atoms with van der Waals surface area (Å²) in [4.78, 5) is 0. The molecule has 16 heavy (non-hydrogen) atoms. The molecule has 2 nitrogen and oxygen atoms in total. The molecular formula is C13H19FN2. The highest BCUT2D eigenvalue weighted by Gasteiger charge is 2.23. The predicted octanol–water partition coefficient (Wildman–Crippen LogP) is 2.13. The van der Waals surface area contributed by atoms with Crippen molar-refractivity contribution in [1.82, 2.24) is 5.32 Å². The third-order valence-electron chi connectivity index (χ3n) is 3.41. The summed E-state index contributed by atoms with van der Waals surface area (Å²) in [6, 6.07) is 5.16. The van der Waals surface area contributed by atoms with Gasteiger partial charge in [0.2, 0.25) is 0 Å². The summed E-state index contributed by atoms with van der Waals surface area (Å²) < 4.78 is 13.8. The Bertz CT molecular complexity index is 359. The first-order chi connectivity index (χ1) is 7.68. The van der Waals surface area contributed by atoms with E-state index in [0.717, 1.165) is 31.5 Å². The van der Waals surface area contributed by atoms with Crippen molar-refractivity contribution < 1.29 is 4.39 Å². The van der Waals surface area contributed by atoms with Gasteiger partial charge < -0.3 is 11.1 Å². The Morgan fingerprint density at radius 1 is 1.38 bits per heavy atom. The van der Waals surface area contributed by atoms with Crippen LogP contribution in [-0.2, 0) is 0 Å². The SMILES string of the molecule is Cc1ccc([C@H](N)C2CCNCC2)c(F)c1. The summed E-state index contributed by atoms with van der Waals surface area (Å²) in [6.07, 6.45) is 2.07. The third-order valence-corrected chi connectivity index (χ3v) is 3.41. The molecule has 1 heterocycles. The van der Waals surface area contributed by atoms with E-state index < -0.39 is 0 Å². The lowest BCUT2D eigenvalue weighted by Gasteiger charge is -2.28. The number of nitrogens with two attached hydrogens (primary N) is 1. The Kier molecular flexibility index (Phi) is 3.56. The molecule has 1 aromatic rings. The second-order valence-electron chi connectivity index (χ2n) is 4.64. The molecule has 0 bridgehead atoms. The van der Waals surface area contributed by atoms with Crippen LogP contribution in [0.25, 0.3) is 0 Å². The molecule has 1 aromatic carbocycles. The van der Waals surface area contributed by atoms with Crippen LogP contribution >= 0.6 is 0 Å². The van der Waals surface area contributed by atoms with Gasteiger partial charge in [0, 0.05) is 11.6 Å². The minimum absolute atomic E-state index is 0.161. The lowest BCUT2D eigenvalue weighted by molar-refractivity contribution is 0.317. The van der Waals surface area contributed by atoms with E-state index in [2.05, 4.69) is 5.32 Å². The van der Waals surface area contributed by atoms with Crippen LogP contribution in [0.4, 0.5) is 4.39 Å². The van der Waals surface area contributed by atoms with E-state index in [1.165, 1.54) is 0 Å². The zero-order valence-corrected chi connectivity index (χ0v) is 9.67. The van der Waals surface area contributed by atoms with Gasteiger partial charge >= 0.3 is 0 Å². The standard InChI is InChI=1S/C13H19FN2/c1-9-2-3-11(12(14)8-9)13(15)10-4-6-16-7-5-10/h2-3,8,10,13,16H,4-7,15H2,1H3/t13-/m1/s1. The summed E-state index contributed by atoms with van der Waals surface area (Å²) in [6.45, 7) is 3.88. The lowest BCUT2D eigenvalue weighted by atomic mass is 9.86. The lowest BCUT2D eigenvalue weighted by Crippen LogP contribution is -2.34. The van der Waals surface area contributed by atoms with Crippen molar-refractivity contribution >= 4 is 0 Å². The summed E-state index contributed by atoms with van der Waals surface area (Å²) in [5.74, 6) is 0.240. The van der Waals surface area contributed by atoms with E-state index in [-0.39, 0.29) is 11.9 Å². The first-order valence-corrected chi connectivity index (χ1v) is 5.91. The van der Waals surface area contributed by atoms with Gasteiger partial charge in [0.15, 0.2) is 0 Å². The molecule has 0 radical (unpaired) electrons. The summed E-state index contributed by atoms with van der Waals surface area (Å²) in [5, 5.41) is 3.30. The van der Waals surface area contributed by atoms with Gasteiger partial charge in [-0.05, 0) is 50.4 Å². The van der Waals surface area contributed by atoms with Crippen LogP contribution in [0.15, 0.2) is 18.2 Å². The summed E-state index contributed by atoms with van der Waals surface area (Å²) >= 11 is 0. The molecule has 0 unspecified atom stereocenters. The fraction of sp³-hybridized carbons (Fsp3) is 0.538. The zero-order chi connectivity index (χ0) is 11.5. The highest BCUT2D eigenvalue weighted by Crippen LogP contribution is 2.28. The van der Waals surface area contributed by atoms with E-state index >= 15 is 0 Å². The molecule has 0 aliphatic carbocycles. The van der Waals surface area contributed by atoms with Gasteiger partial charge in [-0.15, -0.1) is 0 Å². The van der Waals surface area contributed by atoms with E-state index in [1.54, 1.807) is 6.07 Å². The van der Waals surface area contributed by atoms with Gasteiger partial charge in [-0.2, -0.15) is 0 Å². The summed E-state index contributed by atoms with van der Waals surface area (Å²) in [5.41, 5.74) is 7.76. The largest absolute Gasteiger partial charge is 0.324 e. The van der Waals surface area contributed by atoms with Gasteiger partial charge in [0.05, 0.1) is 0 Å². The summed E-state index contributed by atoms with van der Waals surface area (Å²) in [7, 11) is 0. The highest BCUT2D eigenvalue weighted by molar-refractivity contribution is 5.26. The molecule has 1 atom stereocenters. The zero-order valence-electron chi connectivity index (χ0n) is 9.67. The topological polar surface area (TPSA) is 38.0 Å². The first kappa shape index (κ1) is 11.6. The van der Waals surface area contributed by atoms with Crippen molar-refractivity contribution in [2.45, 2.75) is 25.8 Å². The molecule has 1 saturated heterocycles. The number of hydrogen-bond acceptors (Lipinski definition) is 2. The van der Waals surface area contributed by atoms with E-state index in [1.807, 2.05) is 19.1 Å². The fourth-order valence-electron chi connectivity index (χ4n) is 2.36. The minimum Gasteiger partial charge on any atom is -0.324 e. The van der Waals surface area contributed by atoms with Gasteiger partial charge in [-0.25, -0.2) is 4.39 Å². The maximum absolute atomic E-state index is 13.8. The predicted molar refractivity (Wildman–Crippen MR) is 63.7 cm³/mol. The average molecular weight is 222 g/mol. The van der Waals surface area contributed by atoms with Crippen LogP contribution in [0.1, 0.15) is 30.0 Å². The van der Waals surface area contributed by atoms with Gasteiger partial charge in [0.25, 0.3) is 0 Å². The van der Waals surface area contributed by atoms with Crippen molar-refractivity contribution in [2.24, 2.45) is 11.7 Å². The number of hydrogen-bond donors (Lipinski definition) is 2. The van der Waals surface area contributed by atoms with E-state index in [4.69, 9.17) is 5.73 Å². The van der Waals surface area contributed by atoms with Crippen molar-refractivity contribution in [3.63, 3.8) is 0 Å². The molecule has 88 valence electrons. The maximum Gasteiger partial charge on any atom is 0.128 e. The third kappa shape index (κ3) is 2.42. The van der Waals surface area contributed by atoms with E-state index in [9.17, 15) is 4.39 Å². The van der Waals surface area contributed by atoms with Crippen molar-refractivity contribution in [3.8, 4) is 0 Å². The quantitative estimate of drug-likeness (QED) is 0.804. The van der Waals surface area contributed by atoms with Crippen LogP contribution in [0, 0.1) is 18.7 Å². The second-order valence-corrected chi connectivity index (χ2v) is 4.64. The van der Waals surface area contributed by atoms with Crippen LogP contribution in [-0.4, -0.2) is 13.1 Å². The first-order valence-electron chi connectivity index (χ1n) is 5.91. The van der Waals surface area contributed by atoms with Gasteiger partial charge in [-0.3, -0.25) is 0 Å². The molecule has 0 aromatic heterocycles. The smallest absolute Gasteiger partial charge is 0.128 e. The number of benzene rings is 1. The Hall–Kier alpha value is -0.930. The maximum atomic E-state index is 13.8. The number of aryl methyl sites for hydroxylation is 1. The second kappa shape index (κ2) is 4.93. The molecule has 1 fully saturated rings. The number of halogens is 1. The fourth-order valence-corrected chi connectivity index (χ4v) is 2.36. The van der Waals surface area contributed by atoms with E-state index in [0.29, 0.717) is 11.5 Å². The van der Waals surface area contributed by atoms with Crippen LogP contribution in [0.2, 0.25) is 0 Å². The van der Waals surface area contributed by atoms with Crippen LogP contribution in [0.5, 0.6) is 0 Å². The molecule has 0 amide bonds. The molecule has 1 aliphatic heterocycles. The van der Waals surface area contributed by atoms with Crippen LogP contribution < -0.4 is 11.1 Å². The normalized spacial score (nSPS) is 19.7. The molecule has 0 spiro atoms. The van der Waals surface area contributed by atoms with Crippen molar-refractivity contribution in [3.05, 3.63) is 35.1 Å². The Balaban J connectivity index is 2.15. The van der Waals surface area contributed by atoms with Gasteiger partial charge in [-0.1, -0.05) is 12.1 Å². The monoisotopic (exact) mass is 222 g/mol. The Morgan fingerprint density at radius 3 is 2.69 bits per heavy atom. The van der Waals surface area contributed by atoms with Crippen molar-refractivity contribution in [1.29, 1.82) is 0 Å². The number of rotatable bonds is 2. The average Bonchev–Trinajstić information content (AvgIpc) is 2.29. The molecule has 0 saturated carbocycles. The molecule has 1 aliphatic rings. The molecule has 3 heteroatoms. The number of nitrogens with one attached hydrogen (secondary N) is 1. The van der Waals surface area contributed by atoms with Crippen molar-refractivity contribution in [2.75, 3.05) is 13.1 Å². The van der Waals surface area contributed by atoms with Gasteiger partial charge in [0.1, 0.15) is 5.82 Å². The molecular weight excluding hydrogens is 203 g/mol. The molecule has 2 rings (SSSR count). The Labute approximate surface area is 96.0 Å². The Morgan fingerprint density at radius 2 is 2.06 bits per heavy atom. The number of piperidine rings is 1. The molecule has 3 N–H and O–H groups in total. The minimum atomic E-state index is -0.164. The highest BCUT2D eigenvalue weighted by atomic mass is 19.1.